The van der Waals surface area contributed by atoms with Crippen molar-refractivity contribution in [2.24, 2.45) is 0 Å². The Morgan fingerprint density at radius 3 is 0.556 bits per heavy atom. The average Bonchev–Trinajstić information content (AvgIpc) is 3.38. The van der Waals surface area contributed by atoms with Crippen LogP contribution in [-0.2, 0) is 28.6 Å². The highest BCUT2D eigenvalue weighted by atomic mass is 16.6. The SMILES string of the molecule is CCCCCCCCCCCCCCCCCCCCCC(=O)OC[C@@H](COC(=O)CCCCCCCCCCCCCCCCCC)OC(=O)CCCCCCCCCCCCCCCCCCCCC. The highest BCUT2D eigenvalue weighted by Gasteiger charge is 2.19. The monoisotopic (exact) mass is 1020 g/mol. The number of hydrogen-bond acceptors (Lipinski definition) is 6. The minimum Gasteiger partial charge on any atom is -0.462 e. The molecule has 72 heavy (non-hydrogen) atoms. The maximum Gasteiger partial charge on any atom is 0.306 e. The molecule has 0 fully saturated rings. The van der Waals surface area contributed by atoms with E-state index in [0.29, 0.717) is 19.3 Å². The second-order valence-corrected chi connectivity index (χ2v) is 22.8. The molecule has 0 aromatic carbocycles. The van der Waals surface area contributed by atoms with Gasteiger partial charge in [-0.05, 0) is 19.3 Å². The zero-order valence-electron chi connectivity index (χ0n) is 49.2. The van der Waals surface area contributed by atoms with Gasteiger partial charge in [0, 0.05) is 19.3 Å². The summed E-state index contributed by atoms with van der Waals surface area (Å²) in [7, 11) is 0. The van der Waals surface area contributed by atoms with Crippen molar-refractivity contribution < 1.29 is 28.6 Å². The molecule has 0 rings (SSSR count). The van der Waals surface area contributed by atoms with E-state index in [0.717, 1.165) is 57.8 Å². The molecule has 0 N–H and O–H groups in total. The van der Waals surface area contributed by atoms with Gasteiger partial charge in [-0.25, -0.2) is 0 Å². The Morgan fingerprint density at radius 2 is 0.375 bits per heavy atom. The summed E-state index contributed by atoms with van der Waals surface area (Å²) in [5.41, 5.74) is 0. The lowest BCUT2D eigenvalue weighted by Crippen LogP contribution is -2.30. The Labute approximate surface area is 450 Å². The van der Waals surface area contributed by atoms with E-state index in [-0.39, 0.29) is 31.1 Å². The molecule has 0 aromatic rings. The Hall–Kier alpha value is -1.59. The summed E-state index contributed by atoms with van der Waals surface area (Å²) in [6.45, 7) is 6.74. The summed E-state index contributed by atoms with van der Waals surface area (Å²) in [6, 6.07) is 0. The van der Waals surface area contributed by atoms with Gasteiger partial charge in [-0.15, -0.1) is 0 Å². The van der Waals surface area contributed by atoms with E-state index in [1.807, 2.05) is 0 Å². The van der Waals surface area contributed by atoms with Crippen molar-refractivity contribution in [3.8, 4) is 0 Å². The fraction of sp³-hybridized carbons (Fsp3) is 0.955. The van der Waals surface area contributed by atoms with Crippen LogP contribution in [0.1, 0.15) is 387 Å². The van der Waals surface area contributed by atoms with Gasteiger partial charge in [0.1, 0.15) is 13.2 Å². The fourth-order valence-electron chi connectivity index (χ4n) is 10.4. The van der Waals surface area contributed by atoms with Crippen LogP contribution in [0.15, 0.2) is 0 Å². The summed E-state index contributed by atoms with van der Waals surface area (Å²) >= 11 is 0. The number of unbranched alkanes of at least 4 members (excludes halogenated alkanes) is 51. The first kappa shape index (κ1) is 70.4. The van der Waals surface area contributed by atoms with Gasteiger partial charge in [0.15, 0.2) is 6.10 Å². The molecule has 1 atom stereocenters. The molecule has 0 aliphatic heterocycles. The second-order valence-electron chi connectivity index (χ2n) is 22.8. The Morgan fingerprint density at radius 1 is 0.222 bits per heavy atom. The highest BCUT2D eigenvalue weighted by Crippen LogP contribution is 2.19. The van der Waals surface area contributed by atoms with Gasteiger partial charge < -0.3 is 14.2 Å². The molecule has 0 saturated carbocycles. The quantitative estimate of drug-likeness (QED) is 0.0343. The number of hydrogen-bond donors (Lipinski definition) is 0. The van der Waals surface area contributed by atoms with E-state index in [1.54, 1.807) is 0 Å². The molecule has 0 unspecified atom stereocenters. The number of rotatable bonds is 62. The number of carbonyl (C=O) groups is 3. The lowest BCUT2D eigenvalue weighted by molar-refractivity contribution is -0.167. The zero-order valence-corrected chi connectivity index (χ0v) is 49.2. The molecule has 428 valence electrons. The summed E-state index contributed by atoms with van der Waals surface area (Å²) in [5.74, 6) is -0.822. The van der Waals surface area contributed by atoms with Crippen LogP contribution in [0.25, 0.3) is 0 Å². The van der Waals surface area contributed by atoms with Crippen LogP contribution >= 0.6 is 0 Å². The molecule has 0 heterocycles. The molecule has 0 radical (unpaired) electrons. The number of ether oxygens (including phenoxy) is 3. The molecule has 0 aromatic heterocycles. The van der Waals surface area contributed by atoms with Crippen molar-refractivity contribution in [3.05, 3.63) is 0 Å². The molecule has 0 bridgehead atoms. The molecule has 6 heteroatoms. The molecular weight excluding hydrogens is 889 g/mol. The van der Waals surface area contributed by atoms with Crippen LogP contribution in [0.3, 0.4) is 0 Å². The second kappa shape index (κ2) is 62.0. The average molecular weight is 1020 g/mol. The topological polar surface area (TPSA) is 78.9 Å². The Balaban J connectivity index is 4.27. The van der Waals surface area contributed by atoms with Gasteiger partial charge in [0.05, 0.1) is 0 Å². The van der Waals surface area contributed by atoms with Crippen molar-refractivity contribution in [3.63, 3.8) is 0 Å². The van der Waals surface area contributed by atoms with E-state index in [1.165, 1.54) is 289 Å². The first-order valence-corrected chi connectivity index (χ1v) is 33.0. The van der Waals surface area contributed by atoms with Crippen molar-refractivity contribution in [1.29, 1.82) is 0 Å². The van der Waals surface area contributed by atoms with Crippen LogP contribution in [0.2, 0.25) is 0 Å². The molecule has 0 aliphatic rings. The zero-order chi connectivity index (χ0) is 52.2. The van der Waals surface area contributed by atoms with Crippen LogP contribution in [0.4, 0.5) is 0 Å². The van der Waals surface area contributed by atoms with Gasteiger partial charge in [0.2, 0.25) is 0 Å². The molecule has 6 nitrogen and oxygen atoms in total. The van der Waals surface area contributed by atoms with Crippen molar-refractivity contribution >= 4 is 17.9 Å². The first-order chi connectivity index (χ1) is 35.5. The van der Waals surface area contributed by atoms with Gasteiger partial charge >= 0.3 is 17.9 Å². The third kappa shape index (κ3) is 59.3. The van der Waals surface area contributed by atoms with E-state index < -0.39 is 6.10 Å². The third-order valence-electron chi connectivity index (χ3n) is 15.4. The lowest BCUT2D eigenvalue weighted by atomic mass is 10.0. The van der Waals surface area contributed by atoms with Crippen LogP contribution in [0, 0.1) is 0 Å². The fourth-order valence-corrected chi connectivity index (χ4v) is 10.4. The molecule has 0 spiro atoms. The minimum atomic E-state index is -0.762. The molecule has 0 aliphatic carbocycles. The van der Waals surface area contributed by atoms with Gasteiger partial charge in [-0.3, -0.25) is 14.4 Å². The predicted octanol–water partition coefficient (Wildman–Crippen LogP) is 22.3. The standard InChI is InChI=1S/C66H128O6/c1-4-7-10-13-16-19-22-25-28-31-33-35-38-41-44-47-50-53-56-59-65(68)71-62-63(61-70-64(67)58-55-52-49-46-43-40-37-30-27-24-21-18-15-12-9-6-3)72-66(69)60-57-54-51-48-45-42-39-36-34-32-29-26-23-20-17-14-11-8-5-2/h63H,4-62H2,1-3H3/t63-/m1/s1. The van der Waals surface area contributed by atoms with E-state index >= 15 is 0 Å². The van der Waals surface area contributed by atoms with E-state index in [9.17, 15) is 14.4 Å². The maximum atomic E-state index is 12.9. The van der Waals surface area contributed by atoms with Crippen molar-refractivity contribution in [1.82, 2.24) is 0 Å². The smallest absolute Gasteiger partial charge is 0.306 e. The first-order valence-electron chi connectivity index (χ1n) is 33.0. The summed E-state index contributed by atoms with van der Waals surface area (Å²) in [6.07, 6.45) is 71.1. The van der Waals surface area contributed by atoms with E-state index in [4.69, 9.17) is 14.2 Å². The van der Waals surface area contributed by atoms with Crippen LogP contribution < -0.4 is 0 Å². The number of carbonyl (C=O) groups excluding carboxylic acids is 3. The molecular formula is C66H128O6. The predicted molar refractivity (Wildman–Crippen MR) is 312 cm³/mol. The van der Waals surface area contributed by atoms with Crippen molar-refractivity contribution in [2.75, 3.05) is 13.2 Å². The molecule has 0 amide bonds. The Bertz CT molecular complexity index is 1080. The number of esters is 3. The molecule has 0 saturated heterocycles. The largest absolute Gasteiger partial charge is 0.462 e. The van der Waals surface area contributed by atoms with Crippen LogP contribution in [-0.4, -0.2) is 37.2 Å². The Kier molecular flexibility index (Phi) is 60.6. The van der Waals surface area contributed by atoms with E-state index in [2.05, 4.69) is 20.8 Å². The maximum absolute atomic E-state index is 12.9. The summed E-state index contributed by atoms with van der Waals surface area (Å²) < 4.78 is 17.0. The van der Waals surface area contributed by atoms with Crippen molar-refractivity contribution in [2.45, 2.75) is 393 Å². The minimum absolute atomic E-state index is 0.0603. The summed E-state index contributed by atoms with van der Waals surface area (Å²) in [5, 5.41) is 0. The lowest BCUT2D eigenvalue weighted by Gasteiger charge is -2.18. The van der Waals surface area contributed by atoms with Gasteiger partial charge in [-0.2, -0.15) is 0 Å². The normalized spacial score (nSPS) is 11.9. The summed E-state index contributed by atoms with van der Waals surface area (Å²) in [4.78, 5) is 38.3. The van der Waals surface area contributed by atoms with Crippen LogP contribution in [0.5, 0.6) is 0 Å². The third-order valence-corrected chi connectivity index (χ3v) is 15.4. The van der Waals surface area contributed by atoms with Gasteiger partial charge in [-0.1, -0.05) is 348 Å². The van der Waals surface area contributed by atoms with Gasteiger partial charge in [0.25, 0.3) is 0 Å². The highest BCUT2D eigenvalue weighted by molar-refractivity contribution is 5.71.